The van der Waals surface area contributed by atoms with Crippen LogP contribution in [0.1, 0.15) is 66.7 Å². The Balaban J connectivity index is 4.03. The molecule has 0 aromatic carbocycles. The van der Waals surface area contributed by atoms with Crippen LogP contribution in [0.2, 0.25) is 0 Å². The van der Waals surface area contributed by atoms with Crippen LogP contribution in [0.3, 0.4) is 0 Å². The van der Waals surface area contributed by atoms with Crippen LogP contribution in [0.4, 0.5) is 0 Å². The highest BCUT2D eigenvalue weighted by atomic mass is 16.3. The molecule has 0 saturated heterocycles. The molecular formula is C14H31NO. The van der Waals surface area contributed by atoms with Crippen molar-refractivity contribution < 1.29 is 5.11 Å². The number of hydrogen-bond donors (Lipinski definition) is 2. The summed E-state index contributed by atoms with van der Waals surface area (Å²) in [5, 5.41) is 13.7. The molecule has 2 heteroatoms. The maximum atomic E-state index is 10.2. The summed E-state index contributed by atoms with van der Waals surface area (Å²) in [7, 11) is 0. The highest BCUT2D eigenvalue weighted by Gasteiger charge is 2.23. The van der Waals surface area contributed by atoms with Gasteiger partial charge < -0.3 is 10.4 Å². The van der Waals surface area contributed by atoms with Gasteiger partial charge in [0.25, 0.3) is 0 Å². The minimum Gasteiger partial charge on any atom is -0.389 e. The molecule has 0 saturated carbocycles. The van der Waals surface area contributed by atoms with E-state index in [0.29, 0.717) is 6.04 Å². The molecule has 2 nitrogen and oxygen atoms in total. The van der Waals surface area contributed by atoms with Gasteiger partial charge in [0.15, 0.2) is 0 Å². The van der Waals surface area contributed by atoms with Gasteiger partial charge in [-0.05, 0) is 31.6 Å². The molecule has 0 spiro atoms. The first kappa shape index (κ1) is 15.9. The van der Waals surface area contributed by atoms with Crippen LogP contribution in [-0.4, -0.2) is 23.3 Å². The Labute approximate surface area is 102 Å². The monoisotopic (exact) mass is 229 g/mol. The third-order valence-electron chi connectivity index (χ3n) is 3.91. The fourth-order valence-electron chi connectivity index (χ4n) is 1.88. The van der Waals surface area contributed by atoms with Crippen LogP contribution in [0, 0.1) is 5.92 Å². The minimum atomic E-state index is -0.511. The number of hydrogen-bond acceptors (Lipinski definition) is 2. The quantitative estimate of drug-likeness (QED) is 0.635. The number of aliphatic hydroxyl groups is 1. The van der Waals surface area contributed by atoms with E-state index >= 15 is 0 Å². The van der Waals surface area contributed by atoms with Crippen LogP contribution < -0.4 is 5.32 Å². The molecule has 0 aromatic rings. The van der Waals surface area contributed by atoms with Crippen molar-refractivity contribution in [2.45, 2.75) is 78.4 Å². The Hall–Kier alpha value is -0.0800. The molecule has 0 heterocycles. The fourth-order valence-corrected chi connectivity index (χ4v) is 1.88. The van der Waals surface area contributed by atoms with Crippen LogP contribution in [0.5, 0.6) is 0 Å². The first-order chi connectivity index (χ1) is 7.51. The van der Waals surface area contributed by atoms with Gasteiger partial charge in [-0.1, -0.05) is 41.0 Å². The summed E-state index contributed by atoms with van der Waals surface area (Å²) in [6.07, 6.45) is 5.26. The van der Waals surface area contributed by atoms with Crippen molar-refractivity contribution in [1.29, 1.82) is 0 Å². The van der Waals surface area contributed by atoms with E-state index in [4.69, 9.17) is 0 Å². The molecule has 0 radical (unpaired) electrons. The summed E-state index contributed by atoms with van der Waals surface area (Å²) in [6, 6.07) is 0.555. The molecule has 2 N–H and O–H groups in total. The highest BCUT2D eigenvalue weighted by molar-refractivity contribution is 4.80. The second-order valence-corrected chi connectivity index (χ2v) is 5.17. The molecular weight excluding hydrogens is 198 g/mol. The van der Waals surface area contributed by atoms with Gasteiger partial charge in [-0.15, -0.1) is 0 Å². The maximum absolute atomic E-state index is 10.2. The molecule has 0 aliphatic rings. The second kappa shape index (κ2) is 8.08. The largest absolute Gasteiger partial charge is 0.389 e. The number of rotatable bonds is 9. The molecule has 0 aliphatic carbocycles. The summed E-state index contributed by atoms with van der Waals surface area (Å²) in [4.78, 5) is 0. The van der Waals surface area contributed by atoms with Gasteiger partial charge in [0.05, 0.1) is 5.60 Å². The van der Waals surface area contributed by atoms with Gasteiger partial charge >= 0.3 is 0 Å². The molecule has 16 heavy (non-hydrogen) atoms. The van der Waals surface area contributed by atoms with E-state index in [1.54, 1.807) is 0 Å². The van der Waals surface area contributed by atoms with E-state index < -0.39 is 5.60 Å². The van der Waals surface area contributed by atoms with Crippen molar-refractivity contribution in [3.8, 4) is 0 Å². The standard InChI is InChI=1S/C14H31NO/c1-6-12(5)10-13(7-2)15-11-14(16,8-3)9-4/h12-13,15-16H,6-11H2,1-5H3. The zero-order chi connectivity index (χ0) is 12.6. The summed E-state index contributed by atoms with van der Waals surface area (Å²) >= 11 is 0. The molecule has 0 aliphatic heterocycles. The Kier molecular flexibility index (Phi) is 8.04. The molecule has 0 rings (SSSR count). The zero-order valence-corrected chi connectivity index (χ0v) is 11.8. The van der Waals surface area contributed by atoms with Crippen molar-refractivity contribution in [3.63, 3.8) is 0 Å². The van der Waals surface area contributed by atoms with Crippen LogP contribution in [-0.2, 0) is 0 Å². The fraction of sp³-hybridized carbons (Fsp3) is 1.00. The van der Waals surface area contributed by atoms with E-state index in [1.807, 2.05) is 0 Å². The molecule has 0 fully saturated rings. The number of nitrogens with one attached hydrogen (secondary N) is 1. The van der Waals surface area contributed by atoms with E-state index in [1.165, 1.54) is 12.8 Å². The lowest BCUT2D eigenvalue weighted by Crippen LogP contribution is -2.44. The van der Waals surface area contributed by atoms with Gasteiger partial charge in [0.2, 0.25) is 0 Å². The topological polar surface area (TPSA) is 32.3 Å². The minimum absolute atomic E-state index is 0.511. The first-order valence-corrected chi connectivity index (χ1v) is 6.97. The third-order valence-corrected chi connectivity index (χ3v) is 3.91. The van der Waals surface area contributed by atoms with Gasteiger partial charge in [-0.25, -0.2) is 0 Å². The average molecular weight is 229 g/mol. The smallest absolute Gasteiger partial charge is 0.0766 e. The highest BCUT2D eigenvalue weighted by Crippen LogP contribution is 2.16. The third kappa shape index (κ3) is 5.86. The molecule has 2 unspecified atom stereocenters. The maximum Gasteiger partial charge on any atom is 0.0766 e. The lowest BCUT2D eigenvalue weighted by atomic mass is 9.94. The van der Waals surface area contributed by atoms with Crippen molar-refractivity contribution in [2.75, 3.05) is 6.54 Å². The van der Waals surface area contributed by atoms with Gasteiger partial charge in [-0.3, -0.25) is 0 Å². The molecule has 0 amide bonds. The van der Waals surface area contributed by atoms with E-state index in [0.717, 1.165) is 31.7 Å². The van der Waals surface area contributed by atoms with Crippen molar-refractivity contribution in [2.24, 2.45) is 5.92 Å². The lowest BCUT2D eigenvalue weighted by molar-refractivity contribution is 0.0290. The Morgan fingerprint density at radius 1 is 1.06 bits per heavy atom. The van der Waals surface area contributed by atoms with Gasteiger partial charge in [0.1, 0.15) is 0 Å². The first-order valence-electron chi connectivity index (χ1n) is 6.97. The normalized spacial score (nSPS) is 16.1. The van der Waals surface area contributed by atoms with Crippen LogP contribution in [0.25, 0.3) is 0 Å². The molecule has 2 atom stereocenters. The predicted molar refractivity (Wildman–Crippen MR) is 71.7 cm³/mol. The average Bonchev–Trinajstić information content (AvgIpc) is 2.33. The Morgan fingerprint density at radius 2 is 1.62 bits per heavy atom. The molecule has 0 bridgehead atoms. The molecule has 98 valence electrons. The zero-order valence-electron chi connectivity index (χ0n) is 11.8. The van der Waals surface area contributed by atoms with Crippen LogP contribution in [0.15, 0.2) is 0 Å². The predicted octanol–water partition coefficient (Wildman–Crippen LogP) is 3.34. The Morgan fingerprint density at radius 3 is 2.00 bits per heavy atom. The summed E-state index contributed by atoms with van der Waals surface area (Å²) in [6.45, 7) is 11.6. The SMILES string of the molecule is CCC(C)CC(CC)NCC(O)(CC)CC. The Bertz CT molecular complexity index is 166. The summed E-state index contributed by atoms with van der Waals surface area (Å²) in [5.41, 5.74) is -0.511. The van der Waals surface area contributed by atoms with E-state index in [2.05, 4.69) is 39.9 Å². The summed E-state index contributed by atoms with van der Waals surface area (Å²) in [5.74, 6) is 0.772. The van der Waals surface area contributed by atoms with E-state index in [-0.39, 0.29) is 0 Å². The van der Waals surface area contributed by atoms with Crippen LogP contribution >= 0.6 is 0 Å². The van der Waals surface area contributed by atoms with Gasteiger partial charge in [0, 0.05) is 12.6 Å². The van der Waals surface area contributed by atoms with Crippen molar-refractivity contribution >= 4 is 0 Å². The molecule has 0 aromatic heterocycles. The summed E-state index contributed by atoms with van der Waals surface area (Å²) < 4.78 is 0. The van der Waals surface area contributed by atoms with E-state index in [9.17, 15) is 5.11 Å². The second-order valence-electron chi connectivity index (χ2n) is 5.17. The van der Waals surface area contributed by atoms with Gasteiger partial charge in [-0.2, -0.15) is 0 Å². The lowest BCUT2D eigenvalue weighted by Gasteiger charge is -2.29. The van der Waals surface area contributed by atoms with Crippen molar-refractivity contribution in [1.82, 2.24) is 5.32 Å². The van der Waals surface area contributed by atoms with Crippen molar-refractivity contribution in [3.05, 3.63) is 0 Å².